The van der Waals surface area contributed by atoms with Crippen molar-refractivity contribution in [1.29, 1.82) is 0 Å². The van der Waals surface area contributed by atoms with Crippen LogP contribution in [-0.2, 0) is 12.8 Å². The third kappa shape index (κ3) is 3.48. The molecule has 0 saturated carbocycles. The monoisotopic (exact) mass is 380 g/mol. The molecule has 3 heterocycles. The summed E-state index contributed by atoms with van der Waals surface area (Å²) in [6.07, 6.45) is 1.03. The highest BCUT2D eigenvalue weighted by atomic mass is 16.2. The van der Waals surface area contributed by atoms with Gasteiger partial charge in [-0.25, -0.2) is 9.78 Å². The van der Waals surface area contributed by atoms with Gasteiger partial charge in [-0.15, -0.1) is 5.10 Å². The number of carbonyl (C=O) groups excluding carboxylic acids is 1. The molecule has 2 amide bonds. The summed E-state index contributed by atoms with van der Waals surface area (Å²) in [6, 6.07) is 7.09. The van der Waals surface area contributed by atoms with Gasteiger partial charge in [0, 0.05) is 30.8 Å². The third-order valence-corrected chi connectivity index (χ3v) is 4.72. The van der Waals surface area contributed by atoms with Crippen LogP contribution in [0.1, 0.15) is 22.9 Å². The molecule has 0 unspecified atom stereocenters. The normalized spacial score (nSPS) is 13.7. The van der Waals surface area contributed by atoms with E-state index in [1.54, 1.807) is 23.4 Å². The van der Waals surface area contributed by atoms with Gasteiger partial charge >= 0.3 is 6.03 Å². The Labute approximate surface area is 160 Å². The number of carbonyl (C=O) groups is 1. The molecule has 2 N–H and O–H groups in total. The molecule has 0 atom stereocenters. The number of aromatic amines is 1. The summed E-state index contributed by atoms with van der Waals surface area (Å²) in [5, 5.41) is 14.4. The zero-order valence-electron chi connectivity index (χ0n) is 15.6. The number of hydrogen-bond acceptors (Lipinski definition) is 6. The lowest BCUT2D eigenvalue weighted by atomic mass is 10.1. The number of aromatic nitrogens is 6. The zero-order valence-corrected chi connectivity index (χ0v) is 15.6. The number of hydrogen-bond donors (Lipinski definition) is 2. The zero-order chi connectivity index (χ0) is 19.7. The lowest BCUT2D eigenvalue weighted by Gasteiger charge is -2.20. The van der Waals surface area contributed by atoms with Crippen LogP contribution >= 0.6 is 0 Å². The van der Waals surface area contributed by atoms with E-state index in [2.05, 4.69) is 30.8 Å². The molecule has 1 aliphatic heterocycles. The Bertz CT molecular complexity index is 1090. The van der Waals surface area contributed by atoms with Crippen LogP contribution in [0.25, 0.3) is 5.69 Å². The Morgan fingerprint density at radius 1 is 1.21 bits per heavy atom. The molecule has 0 fully saturated rings. The molecule has 10 heteroatoms. The third-order valence-electron chi connectivity index (χ3n) is 4.72. The molecular formula is C18H20N8O2. The minimum atomic E-state index is -0.216. The quantitative estimate of drug-likeness (QED) is 0.684. The number of H-pyrrole nitrogens is 1. The standard InChI is InChI=1S/C18H20N8O2/c1-11-19-16-7-9-25(8-6-15(16)17(27)20-11)18(28)21-13-4-3-5-14(10-13)26-12(2)22-23-24-26/h3-5,10H,6-9H2,1-2H3,(H,21,28)(H,19,20,27). The topological polar surface area (TPSA) is 122 Å². The predicted molar refractivity (Wildman–Crippen MR) is 101 cm³/mol. The number of tetrazole rings is 1. The van der Waals surface area contributed by atoms with Crippen LogP contribution in [0.15, 0.2) is 29.1 Å². The Hall–Kier alpha value is -3.56. The van der Waals surface area contributed by atoms with E-state index in [0.717, 1.165) is 11.4 Å². The highest BCUT2D eigenvalue weighted by molar-refractivity contribution is 5.89. The molecule has 10 nitrogen and oxygen atoms in total. The number of rotatable bonds is 2. The van der Waals surface area contributed by atoms with Crippen molar-refractivity contribution in [3.63, 3.8) is 0 Å². The molecule has 4 rings (SSSR count). The van der Waals surface area contributed by atoms with E-state index < -0.39 is 0 Å². The van der Waals surface area contributed by atoms with Gasteiger partial charge in [0.2, 0.25) is 0 Å². The van der Waals surface area contributed by atoms with Gasteiger partial charge in [0.05, 0.1) is 11.4 Å². The summed E-state index contributed by atoms with van der Waals surface area (Å²) in [4.78, 5) is 33.8. The first-order chi connectivity index (χ1) is 13.5. The molecular weight excluding hydrogens is 360 g/mol. The van der Waals surface area contributed by atoms with Gasteiger partial charge < -0.3 is 15.2 Å². The first-order valence-electron chi connectivity index (χ1n) is 9.01. The van der Waals surface area contributed by atoms with Crippen molar-refractivity contribution < 1.29 is 4.79 Å². The summed E-state index contributed by atoms with van der Waals surface area (Å²) < 4.78 is 1.60. The summed E-state index contributed by atoms with van der Waals surface area (Å²) in [5.41, 5.74) is 2.72. The molecule has 1 aromatic carbocycles. The SMILES string of the molecule is Cc1nc2c(c(=O)[nH]1)CCN(C(=O)Nc1cccc(-n3nnnc3C)c1)CC2. The Morgan fingerprint density at radius 2 is 2.04 bits per heavy atom. The summed E-state index contributed by atoms with van der Waals surface area (Å²) >= 11 is 0. The largest absolute Gasteiger partial charge is 0.324 e. The van der Waals surface area contributed by atoms with Crippen molar-refractivity contribution in [2.24, 2.45) is 0 Å². The Balaban J connectivity index is 1.48. The van der Waals surface area contributed by atoms with Gasteiger partial charge in [-0.05, 0) is 48.9 Å². The van der Waals surface area contributed by atoms with Crippen molar-refractivity contribution >= 4 is 11.7 Å². The van der Waals surface area contributed by atoms with Gasteiger partial charge in [0.1, 0.15) is 5.82 Å². The molecule has 144 valence electrons. The van der Waals surface area contributed by atoms with Gasteiger partial charge in [0.25, 0.3) is 5.56 Å². The van der Waals surface area contributed by atoms with Crippen LogP contribution in [0.2, 0.25) is 0 Å². The van der Waals surface area contributed by atoms with E-state index in [9.17, 15) is 9.59 Å². The number of amides is 2. The lowest BCUT2D eigenvalue weighted by Crippen LogP contribution is -2.37. The van der Waals surface area contributed by atoms with Crippen LogP contribution in [0.3, 0.4) is 0 Å². The molecule has 28 heavy (non-hydrogen) atoms. The highest BCUT2D eigenvalue weighted by Crippen LogP contribution is 2.16. The number of benzene rings is 1. The van der Waals surface area contributed by atoms with Crippen LogP contribution in [0.4, 0.5) is 10.5 Å². The molecule has 3 aromatic rings. The average Bonchev–Trinajstić information content (AvgIpc) is 2.96. The van der Waals surface area contributed by atoms with Gasteiger partial charge in [0.15, 0.2) is 5.82 Å². The van der Waals surface area contributed by atoms with Gasteiger partial charge in [-0.2, -0.15) is 4.68 Å². The summed E-state index contributed by atoms with van der Waals surface area (Å²) in [6.45, 7) is 4.52. The lowest BCUT2D eigenvalue weighted by molar-refractivity contribution is 0.214. The molecule has 0 aliphatic carbocycles. The summed E-state index contributed by atoms with van der Waals surface area (Å²) in [7, 11) is 0. The van der Waals surface area contributed by atoms with E-state index in [-0.39, 0.29) is 11.6 Å². The fourth-order valence-electron chi connectivity index (χ4n) is 3.32. The summed E-state index contributed by atoms with van der Waals surface area (Å²) in [5.74, 6) is 1.25. The van der Waals surface area contributed by atoms with Crippen LogP contribution in [0.5, 0.6) is 0 Å². The predicted octanol–water partition coefficient (Wildman–Crippen LogP) is 0.995. The fourth-order valence-corrected chi connectivity index (χ4v) is 3.32. The van der Waals surface area contributed by atoms with E-state index in [4.69, 9.17) is 0 Å². The number of nitrogens with zero attached hydrogens (tertiary/aromatic N) is 6. The van der Waals surface area contributed by atoms with Gasteiger partial charge in [-0.1, -0.05) is 6.07 Å². The molecule has 1 aliphatic rings. The van der Waals surface area contributed by atoms with E-state index >= 15 is 0 Å². The van der Waals surface area contributed by atoms with Crippen molar-refractivity contribution in [1.82, 2.24) is 35.1 Å². The van der Waals surface area contributed by atoms with E-state index in [1.165, 1.54) is 0 Å². The van der Waals surface area contributed by atoms with Crippen molar-refractivity contribution in [3.8, 4) is 5.69 Å². The highest BCUT2D eigenvalue weighted by Gasteiger charge is 2.21. The van der Waals surface area contributed by atoms with Crippen molar-refractivity contribution in [3.05, 3.63) is 57.5 Å². The van der Waals surface area contributed by atoms with Crippen LogP contribution < -0.4 is 10.9 Å². The van der Waals surface area contributed by atoms with Crippen molar-refractivity contribution in [2.75, 3.05) is 18.4 Å². The molecule has 0 saturated heterocycles. The molecule has 0 spiro atoms. The van der Waals surface area contributed by atoms with Crippen molar-refractivity contribution in [2.45, 2.75) is 26.7 Å². The first-order valence-corrected chi connectivity index (χ1v) is 9.01. The number of fused-ring (bicyclic) bond motifs is 1. The van der Waals surface area contributed by atoms with E-state index in [0.29, 0.717) is 48.8 Å². The first kappa shape index (κ1) is 17.8. The second-order valence-electron chi connectivity index (χ2n) is 6.68. The van der Waals surface area contributed by atoms with Gasteiger partial charge in [-0.3, -0.25) is 4.79 Å². The van der Waals surface area contributed by atoms with E-state index in [1.807, 2.05) is 24.3 Å². The maximum Gasteiger partial charge on any atom is 0.321 e. The number of nitrogens with one attached hydrogen (secondary N) is 2. The number of anilines is 1. The number of urea groups is 1. The maximum absolute atomic E-state index is 12.7. The minimum absolute atomic E-state index is 0.116. The smallest absolute Gasteiger partial charge is 0.321 e. The van der Waals surface area contributed by atoms with Crippen LogP contribution in [-0.4, -0.2) is 54.2 Å². The second kappa shape index (κ2) is 7.22. The minimum Gasteiger partial charge on any atom is -0.324 e. The number of aryl methyl sites for hydroxylation is 2. The average molecular weight is 380 g/mol. The second-order valence-corrected chi connectivity index (χ2v) is 6.68. The molecule has 0 bridgehead atoms. The maximum atomic E-state index is 12.7. The fraction of sp³-hybridized carbons (Fsp3) is 0.333. The molecule has 0 radical (unpaired) electrons. The molecule has 2 aromatic heterocycles. The Kier molecular flexibility index (Phi) is 4.60. The Morgan fingerprint density at radius 3 is 2.82 bits per heavy atom. The van der Waals surface area contributed by atoms with Crippen LogP contribution in [0, 0.1) is 13.8 Å².